The summed E-state index contributed by atoms with van der Waals surface area (Å²) in [5, 5.41) is 0. The van der Waals surface area contributed by atoms with E-state index in [1.54, 1.807) is 6.08 Å². The molecule has 1 unspecified atom stereocenters. The van der Waals surface area contributed by atoms with E-state index in [1.807, 2.05) is 12.2 Å². The lowest BCUT2D eigenvalue weighted by Gasteiger charge is -2.38. The van der Waals surface area contributed by atoms with Crippen LogP contribution in [0.25, 0.3) is 0 Å². The standard InChI is InChI=1S/C17H25FO2/c1-12-10-19-17(20-11-12)14-7-5-13(6-8-14)15-3-2-4-16(18)9-15/h2,4,9,12-15,17H,3,5-8,10-11H2,1H3. The fourth-order valence-electron chi connectivity index (χ4n) is 3.73. The average molecular weight is 280 g/mol. The molecule has 3 rings (SSSR count). The van der Waals surface area contributed by atoms with Crippen molar-refractivity contribution in [3.8, 4) is 0 Å². The molecule has 1 aliphatic heterocycles. The summed E-state index contributed by atoms with van der Waals surface area (Å²) in [5.74, 6) is 2.02. The topological polar surface area (TPSA) is 18.5 Å². The van der Waals surface area contributed by atoms with Crippen molar-refractivity contribution in [1.29, 1.82) is 0 Å². The Kier molecular flexibility index (Phi) is 4.57. The van der Waals surface area contributed by atoms with Gasteiger partial charge in [0, 0.05) is 11.8 Å². The van der Waals surface area contributed by atoms with E-state index in [9.17, 15) is 4.39 Å². The van der Waals surface area contributed by atoms with Gasteiger partial charge in [0.2, 0.25) is 0 Å². The predicted molar refractivity (Wildman–Crippen MR) is 76.7 cm³/mol. The Morgan fingerprint density at radius 2 is 1.70 bits per heavy atom. The molecule has 0 aromatic heterocycles. The van der Waals surface area contributed by atoms with Gasteiger partial charge >= 0.3 is 0 Å². The highest BCUT2D eigenvalue weighted by molar-refractivity contribution is 5.18. The van der Waals surface area contributed by atoms with Gasteiger partial charge in [0.1, 0.15) is 5.83 Å². The molecule has 1 heterocycles. The van der Waals surface area contributed by atoms with Crippen LogP contribution in [-0.4, -0.2) is 19.5 Å². The molecule has 0 N–H and O–H groups in total. The minimum Gasteiger partial charge on any atom is -0.352 e. The van der Waals surface area contributed by atoms with Gasteiger partial charge in [0.05, 0.1) is 13.2 Å². The zero-order chi connectivity index (χ0) is 13.9. The van der Waals surface area contributed by atoms with Crippen LogP contribution in [0.5, 0.6) is 0 Å². The van der Waals surface area contributed by atoms with Crippen LogP contribution >= 0.6 is 0 Å². The van der Waals surface area contributed by atoms with E-state index in [-0.39, 0.29) is 12.1 Å². The largest absolute Gasteiger partial charge is 0.352 e. The summed E-state index contributed by atoms with van der Waals surface area (Å²) in [7, 11) is 0. The molecule has 3 aliphatic rings. The monoisotopic (exact) mass is 280 g/mol. The third-order valence-electron chi connectivity index (χ3n) is 4.96. The molecule has 0 aromatic rings. The van der Waals surface area contributed by atoms with Crippen LogP contribution in [0.15, 0.2) is 24.1 Å². The molecule has 2 nitrogen and oxygen atoms in total. The maximum absolute atomic E-state index is 13.3. The van der Waals surface area contributed by atoms with Crippen molar-refractivity contribution in [2.45, 2.75) is 45.3 Å². The fraction of sp³-hybridized carbons (Fsp3) is 0.765. The Balaban J connectivity index is 1.48. The lowest BCUT2D eigenvalue weighted by molar-refractivity contribution is -0.227. The average Bonchev–Trinajstić information content (AvgIpc) is 2.48. The second-order valence-electron chi connectivity index (χ2n) is 6.67. The van der Waals surface area contributed by atoms with Crippen molar-refractivity contribution in [2.75, 3.05) is 13.2 Å². The van der Waals surface area contributed by atoms with Crippen LogP contribution in [0.2, 0.25) is 0 Å². The molecule has 20 heavy (non-hydrogen) atoms. The SMILES string of the molecule is CC1COC(C2CCC(C3C=C(F)C=CC3)CC2)OC1. The second-order valence-corrected chi connectivity index (χ2v) is 6.67. The predicted octanol–water partition coefficient (Wildman–Crippen LogP) is 4.23. The molecule has 0 bridgehead atoms. The van der Waals surface area contributed by atoms with Crippen LogP contribution < -0.4 is 0 Å². The van der Waals surface area contributed by atoms with Crippen molar-refractivity contribution in [2.24, 2.45) is 23.7 Å². The number of rotatable bonds is 2. The third kappa shape index (κ3) is 3.32. The quantitative estimate of drug-likeness (QED) is 0.753. The molecule has 1 saturated carbocycles. The lowest BCUT2D eigenvalue weighted by Crippen LogP contribution is -2.38. The van der Waals surface area contributed by atoms with E-state index in [0.29, 0.717) is 23.7 Å². The molecular weight excluding hydrogens is 255 g/mol. The minimum absolute atomic E-state index is 0.00526. The first-order valence-electron chi connectivity index (χ1n) is 7.99. The van der Waals surface area contributed by atoms with Gasteiger partial charge in [-0.2, -0.15) is 0 Å². The van der Waals surface area contributed by atoms with Gasteiger partial charge in [-0.25, -0.2) is 4.39 Å². The van der Waals surface area contributed by atoms with Crippen LogP contribution in [0.4, 0.5) is 4.39 Å². The Labute approximate surface area is 121 Å². The van der Waals surface area contributed by atoms with Crippen LogP contribution in [0.3, 0.4) is 0 Å². The maximum atomic E-state index is 13.3. The van der Waals surface area contributed by atoms with E-state index < -0.39 is 0 Å². The van der Waals surface area contributed by atoms with E-state index in [1.165, 1.54) is 12.8 Å². The Bertz CT molecular complexity index is 374. The highest BCUT2D eigenvalue weighted by Crippen LogP contribution is 2.39. The molecule has 2 fully saturated rings. The van der Waals surface area contributed by atoms with Crippen LogP contribution in [0, 0.1) is 23.7 Å². The van der Waals surface area contributed by atoms with Crippen molar-refractivity contribution < 1.29 is 13.9 Å². The fourth-order valence-corrected chi connectivity index (χ4v) is 3.73. The summed E-state index contributed by atoms with van der Waals surface area (Å²) in [6.45, 7) is 3.81. The molecular formula is C17H25FO2. The summed E-state index contributed by atoms with van der Waals surface area (Å²) in [4.78, 5) is 0. The van der Waals surface area contributed by atoms with Gasteiger partial charge < -0.3 is 9.47 Å². The van der Waals surface area contributed by atoms with E-state index in [0.717, 1.165) is 32.5 Å². The maximum Gasteiger partial charge on any atom is 0.160 e. The first kappa shape index (κ1) is 14.3. The molecule has 1 saturated heterocycles. The number of ether oxygens (including phenoxy) is 2. The van der Waals surface area contributed by atoms with Gasteiger partial charge in [-0.15, -0.1) is 0 Å². The molecule has 3 heteroatoms. The normalized spacial score (nSPS) is 42.3. The molecule has 0 radical (unpaired) electrons. The summed E-state index contributed by atoms with van der Waals surface area (Å²) >= 11 is 0. The van der Waals surface area contributed by atoms with Crippen LogP contribution in [0.1, 0.15) is 39.0 Å². The highest BCUT2D eigenvalue weighted by Gasteiger charge is 2.33. The first-order valence-corrected chi connectivity index (χ1v) is 7.99. The van der Waals surface area contributed by atoms with Crippen molar-refractivity contribution in [1.82, 2.24) is 0 Å². The summed E-state index contributed by atoms with van der Waals surface area (Å²) < 4.78 is 25.0. The third-order valence-corrected chi connectivity index (χ3v) is 4.96. The lowest BCUT2D eigenvalue weighted by atomic mass is 9.73. The highest BCUT2D eigenvalue weighted by atomic mass is 19.1. The Morgan fingerprint density at radius 3 is 2.35 bits per heavy atom. The molecule has 0 amide bonds. The van der Waals surface area contributed by atoms with E-state index in [4.69, 9.17) is 9.47 Å². The van der Waals surface area contributed by atoms with E-state index >= 15 is 0 Å². The number of halogens is 1. The van der Waals surface area contributed by atoms with Crippen molar-refractivity contribution in [3.63, 3.8) is 0 Å². The number of hydrogen-bond donors (Lipinski definition) is 0. The smallest absolute Gasteiger partial charge is 0.160 e. The number of hydrogen-bond acceptors (Lipinski definition) is 2. The molecule has 1 atom stereocenters. The zero-order valence-electron chi connectivity index (χ0n) is 12.3. The molecule has 0 aromatic carbocycles. The van der Waals surface area contributed by atoms with Crippen molar-refractivity contribution in [3.05, 3.63) is 24.1 Å². The van der Waals surface area contributed by atoms with Gasteiger partial charge in [0.25, 0.3) is 0 Å². The zero-order valence-corrected chi connectivity index (χ0v) is 12.3. The van der Waals surface area contributed by atoms with Gasteiger partial charge in [0.15, 0.2) is 6.29 Å². The molecule has 112 valence electrons. The van der Waals surface area contributed by atoms with Gasteiger partial charge in [-0.1, -0.05) is 13.0 Å². The van der Waals surface area contributed by atoms with Gasteiger partial charge in [-0.3, -0.25) is 0 Å². The van der Waals surface area contributed by atoms with E-state index in [2.05, 4.69) is 6.92 Å². The Hall–Kier alpha value is -0.670. The summed E-state index contributed by atoms with van der Waals surface area (Å²) in [5.41, 5.74) is 0. The van der Waals surface area contributed by atoms with Crippen LogP contribution in [-0.2, 0) is 9.47 Å². The van der Waals surface area contributed by atoms with Crippen molar-refractivity contribution >= 4 is 0 Å². The summed E-state index contributed by atoms with van der Waals surface area (Å²) in [6.07, 6.45) is 11.0. The molecule has 2 aliphatic carbocycles. The Morgan fingerprint density at radius 1 is 1.05 bits per heavy atom. The molecule has 0 spiro atoms. The van der Waals surface area contributed by atoms with Gasteiger partial charge in [-0.05, 0) is 56.1 Å². The first-order chi connectivity index (χ1) is 9.72. The summed E-state index contributed by atoms with van der Waals surface area (Å²) in [6, 6.07) is 0. The number of allylic oxidation sites excluding steroid dienone is 4. The second kappa shape index (κ2) is 6.40. The minimum atomic E-state index is -0.0590.